The number of benzene rings is 1. The number of nitrogens with zero attached hydrogens (tertiary/aromatic N) is 4. The first kappa shape index (κ1) is 19.0. The number of piperidine rings is 1. The Bertz CT molecular complexity index is 961. The van der Waals surface area contributed by atoms with E-state index < -0.39 is 5.82 Å². The highest BCUT2D eigenvalue weighted by molar-refractivity contribution is 6.00. The summed E-state index contributed by atoms with van der Waals surface area (Å²) in [6.07, 6.45) is 4.41. The van der Waals surface area contributed by atoms with Crippen molar-refractivity contribution in [1.29, 1.82) is 0 Å². The van der Waals surface area contributed by atoms with Crippen LogP contribution in [-0.4, -0.2) is 50.2 Å². The van der Waals surface area contributed by atoms with Gasteiger partial charge in [0.25, 0.3) is 5.91 Å². The molecule has 3 aromatic rings. The Balaban J connectivity index is 1.47. The van der Waals surface area contributed by atoms with Crippen LogP contribution in [0.15, 0.2) is 48.9 Å². The number of H-pyrrole nitrogens is 1. The number of likely N-dealkylation sites (tertiary alicyclic amines) is 1. The lowest BCUT2D eigenvalue weighted by Gasteiger charge is -2.38. The summed E-state index contributed by atoms with van der Waals surface area (Å²) in [6, 6.07) is 10.4. The summed E-state index contributed by atoms with van der Waals surface area (Å²) in [5.41, 5.74) is 1.33. The van der Waals surface area contributed by atoms with Crippen LogP contribution in [0, 0.1) is 11.7 Å². The van der Waals surface area contributed by atoms with Crippen molar-refractivity contribution < 1.29 is 13.9 Å². The van der Waals surface area contributed by atoms with Gasteiger partial charge in [-0.1, -0.05) is 18.2 Å². The third-order valence-electron chi connectivity index (χ3n) is 5.24. The third kappa shape index (κ3) is 4.26. The summed E-state index contributed by atoms with van der Waals surface area (Å²) in [4.78, 5) is 23.4. The minimum Gasteiger partial charge on any atom is -0.477 e. The molecule has 1 fully saturated rings. The van der Waals surface area contributed by atoms with Gasteiger partial charge in [0.15, 0.2) is 5.82 Å². The van der Waals surface area contributed by atoms with Crippen LogP contribution in [0.5, 0.6) is 5.88 Å². The number of aromatic amines is 1. The van der Waals surface area contributed by atoms with Crippen molar-refractivity contribution in [2.75, 3.05) is 13.2 Å². The standard InChI is InChI=1S/C21H22FN5O2/c1-14-6-7-15(12-29-19-9-8-16(22)10-23-19)11-27(14)21(28)18-5-3-2-4-17(18)20-24-13-25-26-20/h2-5,8-10,13-15H,6-7,11-12H2,1H3,(H,24,25,26). The van der Waals surface area contributed by atoms with E-state index >= 15 is 0 Å². The monoisotopic (exact) mass is 395 g/mol. The number of ether oxygens (including phenoxy) is 1. The summed E-state index contributed by atoms with van der Waals surface area (Å²) < 4.78 is 18.7. The molecular formula is C21H22FN5O2. The van der Waals surface area contributed by atoms with E-state index in [1.807, 2.05) is 29.2 Å². The van der Waals surface area contributed by atoms with Gasteiger partial charge >= 0.3 is 0 Å². The quantitative estimate of drug-likeness (QED) is 0.716. The molecule has 29 heavy (non-hydrogen) atoms. The summed E-state index contributed by atoms with van der Waals surface area (Å²) in [7, 11) is 0. The molecule has 1 aliphatic rings. The summed E-state index contributed by atoms with van der Waals surface area (Å²) >= 11 is 0. The predicted octanol–water partition coefficient (Wildman–Crippen LogP) is 3.33. The molecule has 0 aliphatic carbocycles. The molecule has 2 aromatic heterocycles. The average molecular weight is 395 g/mol. The smallest absolute Gasteiger partial charge is 0.254 e. The average Bonchev–Trinajstić information content (AvgIpc) is 3.28. The number of hydrogen-bond donors (Lipinski definition) is 1. The first-order chi connectivity index (χ1) is 14.1. The SMILES string of the molecule is CC1CCC(COc2ccc(F)cn2)CN1C(=O)c1ccccc1-c1ncn[nH]1. The Labute approximate surface area is 167 Å². The third-order valence-corrected chi connectivity index (χ3v) is 5.24. The number of carbonyl (C=O) groups is 1. The maximum absolute atomic E-state index is 13.4. The minimum atomic E-state index is -0.397. The van der Waals surface area contributed by atoms with Crippen LogP contribution in [0.3, 0.4) is 0 Å². The molecule has 0 bridgehead atoms. The van der Waals surface area contributed by atoms with Crippen molar-refractivity contribution >= 4 is 5.91 Å². The first-order valence-corrected chi connectivity index (χ1v) is 9.62. The van der Waals surface area contributed by atoms with E-state index in [1.165, 1.54) is 18.5 Å². The molecule has 1 aromatic carbocycles. The lowest BCUT2D eigenvalue weighted by molar-refractivity contribution is 0.0503. The second-order valence-electron chi connectivity index (χ2n) is 7.26. The van der Waals surface area contributed by atoms with Gasteiger partial charge in [-0.3, -0.25) is 9.89 Å². The highest BCUT2D eigenvalue weighted by Crippen LogP contribution is 2.27. The summed E-state index contributed by atoms with van der Waals surface area (Å²) in [6.45, 7) is 3.08. The Morgan fingerprint density at radius 1 is 1.24 bits per heavy atom. The lowest BCUT2D eigenvalue weighted by atomic mass is 9.92. The molecule has 2 unspecified atom stereocenters. The number of amides is 1. The van der Waals surface area contributed by atoms with E-state index in [1.54, 1.807) is 0 Å². The zero-order chi connectivity index (χ0) is 20.2. The fraction of sp³-hybridized carbons (Fsp3) is 0.333. The fourth-order valence-electron chi connectivity index (χ4n) is 3.62. The van der Waals surface area contributed by atoms with Gasteiger partial charge in [0.2, 0.25) is 5.88 Å². The number of nitrogens with one attached hydrogen (secondary N) is 1. The molecule has 3 heterocycles. The number of pyridine rings is 1. The molecule has 2 atom stereocenters. The molecule has 0 spiro atoms. The van der Waals surface area contributed by atoms with Crippen LogP contribution in [0.25, 0.3) is 11.4 Å². The van der Waals surface area contributed by atoms with E-state index in [9.17, 15) is 9.18 Å². The summed E-state index contributed by atoms with van der Waals surface area (Å²) in [5, 5.41) is 6.72. The van der Waals surface area contributed by atoms with Gasteiger partial charge < -0.3 is 9.64 Å². The maximum atomic E-state index is 13.4. The number of carbonyl (C=O) groups excluding carboxylic acids is 1. The minimum absolute atomic E-state index is 0.0332. The maximum Gasteiger partial charge on any atom is 0.254 e. The van der Waals surface area contributed by atoms with Crippen molar-refractivity contribution in [2.45, 2.75) is 25.8 Å². The lowest BCUT2D eigenvalue weighted by Crippen LogP contribution is -2.47. The molecular weight excluding hydrogens is 373 g/mol. The zero-order valence-electron chi connectivity index (χ0n) is 16.1. The van der Waals surface area contributed by atoms with E-state index in [4.69, 9.17) is 4.74 Å². The largest absolute Gasteiger partial charge is 0.477 e. The molecule has 150 valence electrons. The van der Waals surface area contributed by atoms with Crippen LogP contribution in [0.2, 0.25) is 0 Å². The van der Waals surface area contributed by atoms with E-state index in [0.29, 0.717) is 30.4 Å². The Morgan fingerprint density at radius 3 is 2.86 bits per heavy atom. The van der Waals surface area contributed by atoms with Crippen LogP contribution >= 0.6 is 0 Å². The normalized spacial score (nSPS) is 19.2. The molecule has 1 N–H and O–H groups in total. The molecule has 8 heteroatoms. The van der Waals surface area contributed by atoms with Crippen molar-refractivity contribution in [2.24, 2.45) is 5.92 Å². The molecule has 4 rings (SSSR count). The van der Waals surface area contributed by atoms with Gasteiger partial charge in [0.05, 0.1) is 18.4 Å². The Morgan fingerprint density at radius 2 is 2.10 bits per heavy atom. The molecule has 0 saturated carbocycles. The van der Waals surface area contributed by atoms with Gasteiger partial charge in [-0.15, -0.1) is 0 Å². The van der Waals surface area contributed by atoms with E-state index in [2.05, 4.69) is 27.1 Å². The molecule has 0 radical (unpaired) electrons. The number of aromatic nitrogens is 4. The second kappa shape index (κ2) is 8.38. The molecule has 7 nitrogen and oxygen atoms in total. The van der Waals surface area contributed by atoms with Gasteiger partial charge in [-0.2, -0.15) is 5.10 Å². The van der Waals surface area contributed by atoms with E-state index in [0.717, 1.165) is 24.6 Å². The highest BCUT2D eigenvalue weighted by Gasteiger charge is 2.31. The summed E-state index contributed by atoms with van der Waals surface area (Å²) in [5.74, 6) is 0.707. The number of halogens is 1. The van der Waals surface area contributed by atoms with E-state index in [-0.39, 0.29) is 17.9 Å². The van der Waals surface area contributed by atoms with Crippen molar-refractivity contribution in [3.05, 3.63) is 60.3 Å². The fourth-order valence-corrected chi connectivity index (χ4v) is 3.62. The van der Waals surface area contributed by atoms with Crippen LogP contribution in [-0.2, 0) is 0 Å². The Kier molecular flexibility index (Phi) is 5.50. The molecule has 1 saturated heterocycles. The van der Waals surface area contributed by atoms with Crippen molar-refractivity contribution in [3.8, 4) is 17.3 Å². The van der Waals surface area contributed by atoms with Crippen LogP contribution in [0.4, 0.5) is 4.39 Å². The van der Waals surface area contributed by atoms with Crippen molar-refractivity contribution in [1.82, 2.24) is 25.1 Å². The van der Waals surface area contributed by atoms with Crippen LogP contribution in [0.1, 0.15) is 30.1 Å². The second-order valence-corrected chi connectivity index (χ2v) is 7.26. The van der Waals surface area contributed by atoms with Gasteiger partial charge in [0.1, 0.15) is 12.1 Å². The molecule has 1 aliphatic heterocycles. The first-order valence-electron chi connectivity index (χ1n) is 9.62. The predicted molar refractivity (Wildman–Crippen MR) is 105 cm³/mol. The Hall–Kier alpha value is -3.29. The molecule has 1 amide bonds. The van der Waals surface area contributed by atoms with Gasteiger partial charge in [-0.05, 0) is 31.9 Å². The topological polar surface area (TPSA) is 84.0 Å². The zero-order valence-corrected chi connectivity index (χ0v) is 16.1. The van der Waals surface area contributed by atoms with Crippen molar-refractivity contribution in [3.63, 3.8) is 0 Å². The van der Waals surface area contributed by atoms with Gasteiger partial charge in [0, 0.05) is 30.1 Å². The van der Waals surface area contributed by atoms with Gasteiger partial charge in [-0.25, -0.2) is 14.4 Å². The number of rotatable bonds is 5. The number of hydrogen-bond acceptors (Lipinski definition) is 5. The highest BCUT2D eigenvalue weighted by atomic mass is 19.1. The van der Waals surface area contributed by atoms with Crippen LogP contribution < -0.4 is 4.74 Å².